The Morgan fingerprint density at radius 2 is 1.89 bits per heavy atom. The van der Waals surface area contributed by atoms with E-state index in [1.54, 1.807) is 31.3 Å². The molecule has 1 aliphatic rings. The summed E-state index contributed by atoms with van der Waals surface area (Å²) >= 11 is 0. The van der Waals surface area contributed by atoms with E-state index in [9.17, 15) is 4.79 Å². The third-order valence-electron chi connectivity index (χ3n) is 4.91. The molecule has 2 heterocycles. The van der Waals surface area contributed by atoms with Crippen molar-refractivity contribution in [2.24, 2.45) is 0 Å². The summed E-state index contributed by atoms with van der Waals surface area (Å²) in [6.45, 7) is 0.654. The zero-order valence-corrected chi connectivity index (χ0v) is 15.8. The van der Waals surface area contributed by atoms with Crippen LogP contribution in [0.5, 0.6) is 11.5 Å². The number of aromatic nitrogens is 2. The highest BCUT2D eigenvalue weighted by Gasteiger charge is 2.34. The smallest absolute Gasteiger partial charge is 0.254 e. The van der Waals surface area contributed by atoms with Crippen molar-refractivity contribution in [3.8, 4) is 22.9 Å². The molecule has 0 N–H and O–H groups in total. The number of rotatable bonds is 5. The molecule has 0 radical (unpaired) electrons. The molecular formula is C21H21N3O4. The number of hydrogen-bond acceptors (Lipinski definition) is 6. The lowest BCUT2D eigenvalue weighted by atomic mass is 10.1. The van der Waals surface area contributed by atoms with E-state index in [0.717, 1.165) is 24.2 Å². The summed E-state index contributed by atoms with van der Waals surface area (Å²) in [6.07, 6.45) is 1.68. The maximum Gasteiger partial charge on any atom is 0.254 e. The van der Waals surface area contributed by atoms with Crippen LogP contribution in [0.25, 0.3) is 11.4 Å². The van der Waals surface area contributed by atoms with Crippen LogP contribution in [0.15, 0.2) is 53.1 Å². The van der Waals surface area contributed by atoms with Crippen LogP contribution in [-0.2, 0) is 0 Å². The minimum absolute atomic E-state index is 0.0643. The van der Waals surface area contributed by atoms with Gasteiger partial charge in [0, 0.05) is 17.7 Å². The molecule has 7 heteroatoms. The van der Waals surface area contributed by atoms with Crippen molar-refractivity contribution >= 4 is 5.91 Å². The molecule has 0 unspecified atom stereocenters. The summed E-state index contributed by atoms with van der Waals surface area (Å²) in [5, 5.41) is 4.10. The molecule has 144 valence electrons. The molecule has 0 spiro atoms. The fraction of sp³-hybridized carbons (Fsp3) is 0.286. The van der Waals surface area contributed by atoms with Gasteiger partial charge in [0.2, 0.25) is 11.7 Å². The van der Waals surface area contributed by atoms with Crippen LogP contribution >= 0.6 is 0 Å². The van der Waals surface area contributed by atoms with Gasteiger partial charge in [0.25, 0.3) is 5.91 Å². The van der Waals surface area contributed by atoms with Crippen LogP contribution in [0, 0.1) is 0 Å². The minimum Gasteiger partial charge on any atom is -0.497 e. The van der Waals surface area contributed by atoms with Crippen molar-refractivity contribution < 1.29 is 18.8 Å². The van der Waals surface area contributed by atoms with Gasteiger partial charge >= 0.3 is 0 Å². The number of carbonyl (C=O) groups excluding carboxylic acids is 1. The second-order valence-electron chi connectivity index (χ2n) is 6.57. The van der Waals surface area contributed by atoms with Crippen LogP contribution < -0.4 is 9.47 Å². The Balaban J connectivity index is 1.56. The van der Waals surface area contributed by atoms with Gasteiger partial charge in [-0.15, -0.1) is 0 Å². The lowest BCUT2D eigenvalue weighted by Crippen LogP contribution is -2.30. The number of methoxy groups -OCH3 is 2. The molecule has 7 nitrogen and oxygen atoms in total. The normalized spacial score (nSPS) is 16.2. The van der Waals surface area contributed by atoms with Crippen molar-refractivity contribution in [1.82, 2.24) is 15.0 Å². The minimum atomic E-state index is -0.224. The second-order valence-corrected chi connectivity index (χ2v) is 6.57. The van der Waals surface area contributed by atoms with Crippen molar-refractivity contribution in [2.75, 3.05) is 20.8 Å². The largest absolute Gasteiger partial charge is 0.497 e. The van der Waals surface area contributed by atoms with Crippen LogP contribution in [0.3, 0.4) is 0 Å². The highest BCUT2D eigenvalue weighted by atomic mass is 16.5. The number of benzene rings is 2. The SMILES string of the molecule is COc1ccc(-c2noc([C@H]3CCCN3C(=O)c3cccc(OC)c3)n2)cc1. The molecule has 1 saturated heterocycles. The summed E-state index contributed by atoms with van der Waals surface area (Å²) in [5.74, 6) is 2.31. The molecule has 1 fully saturated rings. The number of hydrogen-bond donors (Lipinski definition) is 0. The molecule has 1 atom stereocenters. The number of nitrogens with zero attached hydrogens (tertiary/aromatic N) is 3. The molecule has 0 aliphatic carbocycles. The Labute approximate surface area is 162 Å². The molecule has 4 rings (SSSR count). The monoisotopic (exact) mass is 379 g/mol. The third-order valence-corrected chi connectivity index (χ3v) is 4.91. The van der Waals surface area contributed by atoms with Crippen LogP contribution in [0.1, 0.15) is 35.1 Å². The second kappa shape index (κ2) is 7.72. The zero-order valence-electron chi connectivity index (χ0n) is 15.8. The Morgan fingerprint density at radius 3 is 2.64 bits per heavy atom. The molecule has 3 aromatic rings. The molecule has 1 amide bonds. The summed E-state index contributed by atoms with van der Waals surface area (Å²) in [7, 11) is 3.21. The number of carbonyl (C=O) groups is 1. The van der Waals surface area contributed by atoms with E-state index in [1.807, 2.05) is 36.4 Å². The molecule has 1 aromatic heterocycles. The van der Waals surface area contributed by atoms with E-state index < -0.39 is 0 Å². The Hall–Kier alpha value is -3.35. The summed E-state index contributed by atoms with van der Waals surface area (Å²) in [6, 6.07) is 14.4. The van der Waals surface area contributed by atoms with E-state index in [-0.39, 0.29) is 11.9 Å². The molecule has 2 aromatic carbocycles. The van der Waals surface area contributed by atoms with Crippen molar-refractivity contribution in [2.45, 2.75) is 18.9 Å². The van der Waals surface area contributed by atoms with Crippen LogP contribution in [0.2, 0.25) is 0 Å². The first-order chi connectivity index (χ1) is 13.7. The molecule has 1 aliphatic heterocycles. The van der Waals surface area contributed by atoms with Crippen molar-refractivity contribution in [3.63, 3.8) is 0 Å². The maximum atomic E-state index is 13.0. The number of amides is 1. The predicted molar refractivity (Wildman–Crippen MR) is 102 cm³/mol. The standard InChI is InChI=1S/C21H21N3O4/c1-26-16-10-8-14(9-11-16)19-22-20(28-23-19)18-7-4-12-24(18)21(25)15-5-3-6-17(13-15)27-2/h3,5-6,8-11,13,18H,4,7,12H2,1-2H3/t18-/m1/s1. The molecule has 0 saturated carbocycles. The first kappa shape index (κ1) is 18.0. The fourth-order valence-corrected chi connectivity index (χ4v) is 3.42. The van der Waals surface area contributed by atoms with Gasteiger partial charge in [-0.2, -0.15) is 4.98 Å². The van der Waals surface area contributed by atoms with Crippen molar-refractivity contribution in [1.29, 1.82) is 0 Å². The first-order valence-corrected chi connectivity index (χ1v) is 9.12. The first-order valence-electron chi connectivity index (χ1n) is 9.12. The topological polar surface area (TPSA) is 77.7 Å². The van der Waals surface area contributed by atoms with E-state index in [2.05, 4.69) is 10.1 Å². The van der Waals surface area contributed by atoms with Crippen molar-refractivity contribution in [3.05, 3.63) is 60.0 Å². The number of likely N-dealkylation sites (tertiary alicyclic amines) is 1. The Bertz CT molecular complexity index is 968. The van der Waals surface area contributed by atoms with Gasteiger partial charge in [-0.25, -0.2) is 0 Å². The van der Waals surface area contributed by atoms with Gasteiger partial charge in [0.15, 0.2) is 0 Å². The van der Waals surface area contributed by atoms with E-state index in [0.29, 0.717) is 29.6 Å². The summed E-state index contributed by atoms with van der Waals surface area (Å²) in [5.41, 5.74) is 1.42. The van der Waals surface area contributed by atoms with Gasteiger partial charge in [-0.1, -0.05) is 11.2 Å². The molecular weight excluding hydrogens is 358 g/mol. The average molecular weight is 379 g/mol. The maximum absolute atomic E-state index is 13.0. The van der Waals surface area contributed by atoms with Gasteiger partial charge in [-0.3, -0.25) is 4.79 Å². The Morgan fingerprint density at radius 1 is 1.11 bits per heavy atom. The van der Waals surface area contributed by atoms with Crippen LogP contribution in [0.4, 0.5) is 0 Å². The molecule has 28 heavy (non-hydrogen) atoms. The molecule has 0 bridgehead atoms. The lowest BCUT2D eigenvalue weighted by molar-refractivity contribution is 0.0709. The van der Waals surface area contributed by atoms with E-state index >= 15 is 0 Å². The number of ether oxygens (including phenoxy) is 2. The average Bonchev–Trinajstić information content (AvgIpc) is 3.43. The van der Waals surface area contributed by atoms with E-state index in [1.165, 1.54) is 0 Å². The highest BCUT2D eigenvalue weighted by molar-refractivity contribution is 5.95. The van der Waals surface area contributed by atoms with E-state index in [4.69, 9.17) is 14.0 Å². The quantitative estimate of drug-likeness (QED) is 0.672. The zero-order chi connectivity index (χ0) is 19.5. The van der Waals surface area contributed by atoms with Gasteiger partial charge < -0.3 is 18.9 Å². The summed E-state index contributed by atoms with van der Waals surface area (Å²) < 4.78 is 15.9. The third kappa shape index (κ3) is 3.43. The fourth-order valence-electron chi connectivity index (χ4n) is 3.42. The lowest BCUT2D eigenvalue weighted by Gasteiger charge is -2.22. The highest BCUT2D eigenvalue weighted by Crippen LogP contribution is 2.33. The van der Waals surface area contributed by atoms with Gasteiger partial charge in [0.05, 0.1) is 14.2 Å². The van der Waals surface area contributed by atoms with Gasteiger partial charge in [0.1, 0.15) is 17.5 Å². The van der Waals surface area contributed by atoms with Crippen LogP contribution in [-0.4, -0.2) is 41.7 Å². The Kier molecular flexibility index (Phi) is 4.97. The van der Waals surface area contributed by atoms with Gasteiger partial charge in [-0.05, 0) is 55.3 Å². The predicted octanol–water partition coefficient (Wildman–Crippen LogP) is 3.73. The summed E-state index contributed by atoms with van der Waals surface area (Å²) in [4.78, 5) is 19.3.